The van der Waals surface area contributed by atoms with Gasteiger partial charge in [-0.1, -0.05) is 40.0 Å². The van der Waals surface area contributed by atoms with Crippen LogP contribution in [0.15, 0.2) is 47.9 Å². The second-order valence-corrected chi connectivity index (χ2v) is 10.5. The van der Waals surface area contributed by atoms with E-state index in [1.165, 1.54) is 16.9 Å². The third-order valence-corrected chi connectivity index (χ3v) is 7.08. The van der Waals surface area contributed by atoms with Gasteiger partial charge in [-0.05, 0) is 24.3 Å². The lowest BCUT2D eigenvalue weighted by Gasteiger charge is -2.19. The molecule has 0 bridgehead atoms. The molecule has 0 fully saturated rings. The van der Waals surface area contributed by atoms with Crippen LogP contribution in [0.2, 0.25) is 15.1 Å². The Hall–Kier alpha value is -2.64. The van der Waals surface area contributed by atoms with Gasteiger partial charge in [0.05, 0.1) is 45.5 Å². The number of aliphatic hydroxyl groups excluding tert-OH is 1. The number of aromatic nitrogens is 5. The number of rotatable bonds is 5. The van der Waals surface area contributed by atoms with Crippen LogP contribution in [0.3, 0.4) is 0 Å². The van der Waals surface area contributed by atoms with Crippen molar-refractivity contribution in [3.8, 4) is 22.6 Å². The maximum absolute atomic E-state index is 13.2. The lowest BCUT2D eigenvalue weighted by atomic mass is 10.1. The van der Waals surface area contributed by atoms with Gasteiger partial charge in [-0.2, -0.15) is 13.2 Å². The monoisotopic (exact) mass is 565 g/mol. The molecule has 184 valence electrons. The highest BCUT2D eigenvalue weighted by Crippen LogP contribution is 2.39. The molecule has 1 N–H and O–H groups in total. The van der Waals surface area contributed by atoms with Crippen molar-refractivity contribution < 1.29 is 26.7 Å². The summed E-state index contributed by atoms with van der Waals surface area (Å²) < 4.78 is 66.7. The number of aliphatic hydroxyl groups is 1. The van der Waals surface area contributed by atoms with E-state index in [0.717, 1.165) is 23.2 Å². The van der Waals surface area contributed by atoms with Gasteiger partial charge in [-0.15, -0.1) is 5.10 Å². The molecule has 0 amide bonds. The van der Waals surface area contributed by atoms with Gasteiger partial charge >= 0.3 is 6.18 Å². The van der Waals surface area contributed by atoms with E-state index in [4.69, 9.17) is 34.8 Å². The first-order chi connectivity index (χ1) is 16.3. The first-order valence-corrected chi connectivity index (χ1v) is 12.5. The highest BCUT2D eigenvalue weighted by atomic mass is 35.5. The molecule has 4 aromatic rings. The summed E-state index contributed by atoms with van der Waals surface area (Å²) in [6.45, 7) is -0.780. The fraction of sp³-hybridized carbons (Fsp3) is 0.150. The van der Waals surface area contributed by atoms with Crippen molar-refractivity contribution in [3.05, 3.63) is 69.3 Å². The zero-order chi connectivity index (χ0) is 25.7. The van der Waals surface area contributed by atoms with Gasteiger partial charge in [0.15, 0.2) is 15.5 Å². The lowest BCUT2D eigenvalue weighted by molar-refractivity contribution is -0.140. The van der Waals surface area contributed by atoms with Crippen molar-refractivity contribution in [1.82, 2.24) is 24.5 Å². The summed E-state index contributed by atoms with van der Waals surface area (Å²) in [5.74, 6) is 0. The smallest absolute Gasteiger partial charge is 0.392 e. The van der Waals surface area contributed by atoms with Crippen molar-refractivity contribution in [1.29, 1.82) is 0 Å². The molecule has 0 unspecified atom stereocenters. The highest BCUT2D eigenvalue weighted by Gasteiger charge is 2.34. The Kier molecular flexibility index (Phi) is 6.62. The van der Waals surface area contributed by atoms with E-state index >= 15 is 0 Å². The minimum absolute atomic E-state index is 0.0623. The normalized spacial score (nSPS) is 12.3. The van der Waals surface area contributed by atoms with Crippen molar-refractivity contribution in [2.75, 3.05) is 6.26 Å². The second kappa shape index (κ2) is 9.10. The van der Waals surface area contributed by atoms with E-state index in [-0.39, 0.29) is 37.6 Å². The summed E-state index contributed by atoms with van der Waals surface area (Å²) in [6, 6.07) is 5.68. The summed E-state index contributed by atoms with van der Waals surface area (Å²) in [7, 11) is -3.96. The fourth-order valence-corrected chi connectivity index (χ4v) is 5.24. The quantitative estimate of drug-likeness (QED) is 0.365. The maximum Gasteiger partial charge on any atom is 0.434 e. The van der Waals surface area contributed by atoms with Gasteiger partial charge in [0.25, 0.3) is 0 Å². The van der Waals surface area contributed by atoms with Crippen molar-refractivity contribution >= 4 is 44.6 Å². The molecule has 0 saturated carbocycles. The zero-order valence-electron chi connectivity index (χ0n) is 17.4. The lowest BCUT2D eigenvalue weighted by Crippen LogP contribution is -2.12. The number of hydrogen-bond acceptors (Lipinski definition) is 6. The van der Waals surface area contributed by atoms with E-state index in [0.29, 0.717) is 16.8 Å². The van der Waals surface area contributed by atoms with Gasteiger partial charge in [-0.25, -0.2) is 18.1 Å². The Balaban J connectivity index is 2.08. The van der Waals surface area contributed by atoms with E-state index in [9.17, 15) is 26.7 Å². The van der Waals surface area contributed by atoms with Gasteiger partial charge < -0.3 is 9.67 Å². The van der Waals surface area contributed by atoms with Gasteiger partial charge in [0.1, 0.15) is 5.69 Å². The van der Waals surface area contributed by atoms with Crippen molar-refractivity contribution in [2.45, 2.75) is 17.7 Å². The maximum atomic E-state index is 13.2. The number of hydrogen-bond donors (Lipinski definition) is 1. The van der Waals surface area contributed by atoms with E-state index in [1.807, 2.05) is 0 Å². The Morgan fingerprint density at radius 2 is 1.86 bits per heavy atom. The first-order valence-electron chi connectivity index (χ1n) is 9.47. The minimum atomic E-state index is -4.75. The Morgan fingerprint density at radius 3 is 2.43 bits per heavy atom. The largest absolute Gasteiger partial charge is 0.434 e. The third kappa shape index (κ3) is 4.76. The van der Waals surface area contributed by atoms with Gasteiger partial charge in [0, 0.05) is 28.6 Å². The van der Waals surface area contributed by atoms with E-state index in [1.54, 1.807) is 12.1 Å². The van der Waals surface area contributed by atoms with Crippen LogP contribution in [0.1, 0.15) is 11.3 Å². The SMILES string of the molecule is CS(=O)(=O)c1cc(-n2cnc(C(F)(F)F)c2)c(-n2nncc2-c2ccc(Cl)cc2Cl)c(Cl)c1CO. The molecule has 8 nitrogen and oxygen atoms in total. The summed E-state index contributed by atoms with van der Waals surface area (Å²) in [6.07, 6.45) is -1.02. The summed E-state index contributed by atoms with van der Waals surface area (Å²) in [4.78, 5) is 2.99. The predicted molar refractivity (Wildman–Crippen MR) is 123 cm³/mol. The molecule has 2 heterocycles. The fourth-order valence-electron chi connectivity index (χ4n) is 3.40. The number of halogens is 6. The summed E-state index contributed by atoms with van der Waals surface area (Å²) >= 11 is 18.9. The van der Waals surface area contributed by atoms with Crippen LogP contribution in [0.4, 0.5) is 13.2 Å². The average molecular weight is 567 g/mol. The molecule has 0 aliphatic heterocycles. The molecule has 35 heavy (non-hydrogen) atoms. The minimum Gasteiger partial charge on any atom is -0.392 e. The van der Waals surface area contributed by atoms with Crippen molar-refractivity contribution in [3.63, 3.8) is 0 Å². The molecule has 0 spiro atoms. The number of imidazole rings is 1. The molecular formula is C20H13Cl3F3N5O3S. The number of nitrogens with zero attached hydrogens (tertiary/aromatic N) is 5. The van der Waals surface area contributed by atoms with Crippen LogP contribution >= 0.6 is 34.8 Å². The van der Waals surface area contributed by atoms with Crippen LogP contribution in [-0.4, -0.2) is 44.3 Å². The van der Waals surface area contributed by atoms with Crippen LogP contribution in [0.25, 0.3) is 22.6 Å². The first kappa shape index (κ1) is 25.5. The highest BCUT2D eigenvalue weighted by molar-refractivity contribution is 7.90. The van der Waals surface area contributed by atoms with Crippen LogP contribution < -0.4 is 0 Å². The van der Waals surface area contributed by atoms with Crippen LogP contribution in [0, 0.1) is 0 Å². The van der Waals surface area contributed by atoms with Crippen LogP contribution in [-0.2, 0) is 22.6 Å². The molecule has 0 aliphatic rings. The second-order valence-electron chi connectivity index (χ2n) is 7.28. The topological polar surface area (TPSA) is 103 Å². The van der Waals surface area contributed by atoms with Crippen molar-refractivity contribution in [2.24, 2.45) is 0 Å². The molecule has 2 aromatic heterocycles. The zero-order valence-corrected chi connectivity index (χ0v) is 20.5. The number of alkyl halides is 3. The van der Waals surface area contributed by atoms with Crippen LogP contribution in [0.5, 0.6) is 0 Å². The molecule has 0 atom stereocenters. The summed E-state index contributed by atoms with van der Waals surface area (Å²) in [5.41, 5.74) is -0.899. The van der Waals surface area contributed by atoms with E-state index < -0.39 is 28.3 Å². The molecule has 2 aromatic carbocycles. The molecule has 0 aliphatic carbocycles. The number of sulfone groups is 1. The standard InChI is InChI=1S/C20H13Cl3F3N5O3S/c1-35(33,34)16-5-14(30-7-17(27-9-30)20(24,25)26)19(18(23)12(16)8-32)31-15(6-28-29-31)11-3-2-10(21)4-13(11)22/h2-7,9,32H,8H2,1H3. The van der Waals surface area contributed by atoms with E-state index in [2.05, 4.69) is 15.3 Å². The Morgan fingerprint density at radius 1 is 1.14 bits per heavy atom. The predicted octanol–water partition coefficient (Wildman–Crippen LogP) is 4.99. The molecular weight excluding hydrogens is 554 g/mol. The third-order valence-electron chi connectivity index (χ3n) is 4.96. The van der Waals surface area contributed by atoms with Gasteiger partial charge in [-0.3, -0.25) is 0 Å². The Bertz CT molecular complexity index is 1550. The number of benzene rings is 2. The molecule has 0 radical (unpaired) electrons. The van der Waals surface area contributed by atoms with Gasteiger partial charge in [0.2, 0.25) is 0 Å². The molecule has 15 heteroatoms. The summed E-state index contributed by atoms with van der Waals surface area (Å²) in [5, 5.41) is 18.1. The molecule has 0 saturated heterocycles. The molecule has 4 rings (SSSR count). The Labute approximate surface area is 211 Å². The average Bonchev–Trinajstić information content (AvgIpc) is 3.42.